The second-order valence-corrected chi connectivity index (χ2v) is 5.60. The van der Waals surface area contributed by atoms with E-state index in [1.807, 2.05) is 0 Å². The van der Waals surface area contributed by atoms with Crippen molar-refractivity contribution in [1.29, 1.82) is 5.26 Å². The molecular weight excluding hydrogens is 222 g/mol. The highest BCUT2D eigenvalue weighted by Crippen LogP contribution is 2.23. The van der Waals surface area contributed by atoms with Crippen LogP contribution in [-0.4, -0.2) is 36.6 Å². The Hall–Kier alpha value is -0.590. The Morgan fingerprint density at radius 2 is 2.00 bits per heavy atom. The standard InChI is InChI=1S/C15H29N3/c1-4-15(13-16,17-5-2)11-8-12-18(3)14-9-6-7-10-14/h14,17H,4-12H2,1-3H3. The summed E-state index contributed by atoms with van der Waals surface area (Å²) >= 11 is 0. The third-order valence-electron chi connectivity index (χ3n) is 4.40. The van der Waals surface area contributed by atoms with Crippen LogP contribution in [0.2, 0.25) is 0 Å². The smallest absolute Gasteiger partial charge is 0.106 e. The van der Waals surface area contributed by atoms with E-state index in [4.69, 9.17) is 0 Å². The second-order valence-electron chi connectivity index (χ2n) is 5.60. The molecule has 1 rings (SSSR count). The zero-order valence-corrected chi connectivity index (χ0v) is 12.3. The zero-order chi connectivity index (χ0) is 13.4. The number of hydrogen-bond acceptors (Lipinski definition) is 3. The lowest BCUT2D eigenvalue weighted by molar-refractivity contribution is 0.230. The van der Waals surface area contributed by atoms with Gasteiger partial charge in [0.25, 0.3) is 0 Å². The molecule has 0 heterocycles. The average molecular weight is 251 g/mol. The third kappa shape index (κ3) is 4.26. The quantitative estimate of drug-likeness (QED) is 0.721. The number of hydrogen-bond donors (Lipinski definition) is 1. The number of nitriles is 1. The van der Waals surface area contributed by atoms with E-state index in [0.29, 0.717) is 0 Å². The first kappa shape index (κ1) is 15.5. The fourth-order valence-electron chi connectivity index (χ4n) is 3.06. The summed E-state index contributed by atoms with van der Waals surface area (Å²) < 4.78 is 0. The van der Waals surface area contributed by atoms with Crippen LogP contribution in [0, 0.1) is 11.3 Å². The third-order valence-corrected chi connectivity index (χ3v) is 4.40. The first-order chi connectivity index (χ1) is 8.67. The Bertz CT molecular complexity index is 265. The van der Waals surface area contributed by atoms with Gasteiger partial charge in [0.1, 0.15) is 5.54 Å². The molecule has 18 heavy (non-hydrogen) atoms. The van der Waals surface area contributed by atoms with E-state index in [0.717, 1.165) is 38.4 Å². The van der Waals surface area contributed by atoms with Gasteiger partial charge in [-0.3, -0.25) is 5.32 Å². The van der Waals surface area contributed by atoms with Gasteiger partial charge in [-0.25, -0.2) is 0 Å². The lowest BCUT2D eigenvalue weighted by atomic mass is 9.92. The minimum absolute atomic E-state index is 0.300. The Morgan fingerprint density at radius 1 is 1.33 bits per heavy atom. The molecule has 0 bridgehead atoms. The predicted octanol–water partition coefficient (Wildman–Crippen LogP) is 2.92. The Balaban J connectivity index is 2.32. The number of nitrogens with one attached hydrogen (secondary N) is 1. The molecule has 1 saturated carbocycles. The van der Waals surface area contributed by atoms with Crippen molar-refractivity contribution in [3.05, 3.63) is 0 Å². The van der Waals surface area contributed by atoms with E-state index in [1.165, 1.54) is 25.7 Å². The van der Waals surface area contributed by atoms with Crippen molar-refractivity contribution < 1.29 is 0 Å². The molecule has 1 atom stereocenters. The van der Waals surface area contributed by atoms with Crippen molar-refractivity contribution in [2.24, 2.45) is 0 Å². The monoisotopic (exact) mass is 251 g/mol. The van der Waals surface area contributed by atoms with Crippen LogP contribution < -0.4 is 5.32 Å². The molecule has 3 heteroatoms. The van der Waals surface area contributed by atoms with E-state index >= 15 is 0 Å². The highest BCUT2D eigenvalue weighted by molar-refractivity contribution is 5.06. The maximum absolute atomic E-state index is 9.36. The van der Waals surface area contributed by atoms with Crippen LogP contribution in [0.5, 0.6) is 0 Å². The van der Waals surface area contributed by atoms with Gasteiger partial charge < -0.3 is 4.90 Å². The first-order valence-corrected chi connectivity index (χ1v) is 7.54. The molecule has 0 aliphatic heterocycles. The van der Waals surface area contributed by atoms with Crippen molar-refractivity contribution in [3.63, 3.8) is 0 Å². The summed E-state index contributed by atoms with van der Waals surface area (Å²) in [5.74, 6) is 0. The van der Waals surface area contributed by atoms with E-state index in [9.17, 15) is 5.26 Å². The summed E-state index contributed by atoms with van der Waals surface area (Å²) in [5, 5.41) is 12.7. The highest BCUT2D eigenvalue weighted by Gasteiger charge is 2.26. The summed E-state index contributed by atoms with van der Waals surface area (Å²) in [6.07, 6.45) is 8.48. The molecule has 1 aliphatic carbocycles. The van der Waals surface area contributed by atoms with Crippen molar-refractivity contribution >= 4 is 0 Å². The molecule has 3 nitrogen and oxygen atoms in total. The van der Waals surface area contributed by atoms with Gasteiger partial charge in [-0.1, -0.05) is 26.7 Å². The topological polar surface area (TPSA) is 39.1 Å². The Kier molecular flexibility index (Phi) is 6.67. The van der Waals surface area contributed by atoms with Crippen LogP contribution in [0.25, 0.3) is 0 Å². The van der Waals surface area contributed by atoms with Crippen molar-refractivity contribution in [1.82, 2.24) is 10.2 Å². The molecule has 0 saturated heterocycles. The number of nitrogens with zero attached hydrogens (tertiary/aromatic N) is 2. The lowest BCUT2D eigenvalue weighted by Gasteiger charge is -2.29. The Labute approximate surface area is 113 Å². The molecule has 1 unspecified atom stereocenters. The first-order valence-electron chi connectivity index (χ1n) is 7.54. The second kappa shape index (κ2) is 7.76. The molecule has 0 aromatic heterocycles. The zero-order valence-electron chi connectivity index (χ0n) is 12.3. The summed E-state index contributed by atoms with van der Waals surface area (Å²) in [6.45, 7) is 6.18. The van der Waals surface area contributed by atoms with Crippen LogP contribution >= 0.6 is 0 Å². The normalized spacial score (nSPS) is 19.9. The average Bonchev–Trinajstić information content (AvgIpc) is 2.91. The maximum Gasteiger partial charge on any atom is 0.106 e. The van der Waals surface area contributed by atoms with Crippen LogP contribution in [0.4, 0.5) is 0 Å². The van der Waals surface area contributed by atoms with Gasteiger partial charge in [0.15, 0.2) is 0 Å². The van der Waals surface area contributed by atoms with Crippen molar-refractivity contribution in [2.45, 2.75) is 70.4 Å². The maximum atomic E-state index is 9.36. The minimum Gasteiger partial charge on any atom is -0.303 e. The summed E-state index contributed by atoms with van der Waals surface area (Å²) in [7, 11) is 2.24. The fourth-order valence-corrected chi connectivity index (χ4v) is 3.06. The van der Waals surface area contributed by atoms with Crippen LogP contribution in [-0.2, 0) is 0 Å². The molecule has 0 aromatic rings. The van der Waals surface area contributed by atoms with Gasteiger partial charge >= 0.3 is 0 Å². The van der Waals surface area contributed by atoms with Gasteiger partial charge in [0.2, 0.25) is 0 Å². The van der Waals surface area contributed by atoms with E-state index in [1.54, 1.807) is 0 Å². The molecule has 1 aliphatic rings. The predicted molar refractivity (Wildman–Crippen MR) is 76.4 cm³/mol. The minimum atomic E-state index is -0.300. The molecule has 1 N–H and O–H groups in total. The van der Waals surface area contributed by atoms with Gasteiger partial charge in [-0.15, -0.1) is 0 Å². The molecule has 104 valence electrons. The Morgan fingerprint density at radius 3 is 2.50 bits per heavy atom. The van der Waals surface area contributed by atoms with Gasteiger partial charge in [-0.05, 0) is 52.2 Å². The molecule has 0 aromatic carbocycles. The highest BCUT2D eigenvalue weighted by atomic mass is 15.1. The lowest BCUT2D eigenvalue weighted by Crippen LogP contribution is -2.44. The SMILES string of the molecule is CCNC(C#N)(CC)CCCN(C)C1CCCC1. The van der Waals surface area contributed by atoms with Gasteiger partial charge in [0.05, 0.1) is 6.07 Å². The molecule has 0 spiro atoms. The largest absolute Gasteiger partial charge is 0.303 e. The molecule has 0 amide bonds. The van der Waals surface area contributed by atoms with Crippen LogP contribution in [0.3, 0.4) is 0 Å². The van der Waals surface area contributed by atoms with Crippen molar-refractivity contribution in [2.75, 3.05) is 20.1 Å². The van der Waals surface area contributed by atoms with Crippen LogP contribution in [0.15, 0.2) is 0 Å². The number of rotatable bonds is 8. The fraction of sp³-hybridized carbons (Fsp3) is 0.933. The summed E-state index contributed by atoms with van der Waals surface area (Å²) in [5.41, 5.74) is -0.300. The molecule has 1 fully saturated rings. The molecular formula is C15H29N3. The summed E-state index contributed by atoms with van der Waals surface area (Å²) in [6, 6.07) is 3.27. The van der Waals surface area contributed by atoms with Crippen LogP contribution in [0.1, 0.15) is 58.8 Å². The van der Waals surface area contributed by atoms with Crippen molar-refractivity contribution in [3.8, 4) is 6.07 Å². The summed E-state index contributed by atoms with van der Waals surface area (Å²) in [4.78, 5) is 2.50. The van der Waals surface area contributed by atoms with Gasteiger partial charge in [0, 0.05) is 6.04 Å². The van der Waals surface area contributed by atoms with E-state index in [2.05, 4.69) is 37.2 Å². The molecule has 0 radical (unpaired) electrons. The van der Waals surface area contributed by atoms with E-state index in [-0.39, 0.29) is 5.54 Å². The van der Waals surface area contributed by atoms with E-state index < -0.39 is 0 Å². The van der Waals surface area contributed by atoms with Gasteiger partial charge in [-0.2, -0.15) is 5.26 Å².